The first-order chi connectivity index (χ1) is 13.1. The van der Waals surface area contributed by atoms with Crippen LogP contribution in [0.3, 0.4) is 0 Å². The van der Waals surface area contributed by atoms with Crippen molar-refractivity contribution in [2.24, 2.45) is 0 Å². The van der Waals surface area contributed by atoms with E-state index in [1.54, 1.807) is 18.1 Å². The van der Waals surface area contributed by atoms with Gasteiger partial charge in [-0.25, -0.2) is 0 Å². The Morgan fingerprint density at radius 2 is 1.89 bits per heavy atom. The zero-order valence-corrected chi connectivity index (χ0v) is 15.4. The van der Waals surface area contributed by atoms with Gasteiger partial charge in [-0.3, -0.25) is 9.59 Å². The number of rotatable bonds is 4. The second-order valence-corrected chi connectivity index (χ2v) is 7.12. The molecule has 0 unspecified atom stereocenters. The molecule has 5 heteroatoms. The summed E-state index contributed by atoms with van der Waals surface area (Å²) < 4.78 is 11.1. The van der Waals surface area contributed by atoms with Crippen LogP contribution in [0.25, 0.3) is 21.7 Å². The van der Waals surface area contributed by atoms with Crippen molar-refractivity contribution < 1.29 is 18.7 Å². The molecule has 140 valence electrons. The molecule has 4 rings (SSSR count). The molecule has 1 aliphatic rings. The highest BCUT2D eigenvalue weighted by Crippen LogP contribution is 2.30. The van der Waals surface area contributed by atoms with Crippen LogP contribution in [-0.2, 0) is 20.7 Å². The highest BCUT2D eigenvalue weighted by atomic mass is 16.5. The average molecular weight is 365 g/mol. The molecule has 5 nitrogen and oxygen atoms in total. The molecule has 1 fully saturated rings. The number of carbonyl (C=O) groups excluding carboxylic acids is 2. The van der Waals surface area contributed by atoms with Crippen molar-refractivity contribution >= 4 is 33.6 Å². The quantitative estimate of drug-likeness (QED) is 0.654. The van der Waals surface area contributed by atoms with Crippen LogP contribution < -0.4 is 0 Å². The Morgan fingerprint density at radius 1 is 1.11 bits per heavy atom. The molecular formula is C22H23NO4. The number of amides is 1. The number of likely N-dealkylation sites (tertiary alicyclic amines) is 1. The third-order valence-corrected chi connectivity index (χ3v) is 5.20. The molecule has 0 N–H and O–H groups in total. The summed E-state index contributed by atoms with van der Waals surface area (Å²) in [7, 11) is 0. The molecule has 1 aliphatic heterocycles. The van der Waals surface area contributed by atoms with Gasteiger partial charge in [0.15, 0.2) is 6.10 Å². The third kappa shape index (κ3) is 3.54. The van der Waals surface area contributed by atoms with E-state index < -0.39 is 12.1 Å². The predicted molar refractivity (Wildman–Crippen MR) is 103 cm³/mol. The molecule has 0 radical (unpaired) electrons. The number of ether oxygens (including phenoxy) is 1. The van der Waals surface area contributed by atoms with E-state index in [2.05, 4.69) is 0 Å². The van der Waals surface area contributed by atoms with Crippen molar-refractivity contribution in [3.05, 3.63) is 48.2 Å². The first-order valence-corrected chi connectivity index (χ1v) is 9.49. The minimum Gasteiger partial charge on any atom is -0.464 e. The third-order valence-electron chi connectivity index (χ3n) is 5.20. The zero-order chi connectivity index (χ0) is 18.8. The summed E-state index contributed by atoms with van der Waals surface area (Å²) in [4.78, 5) is 26.7. The smallest absolute Gasteiger partial charge is 0.311 e. The zero-order valence-electron chi connectivity index (χ0n) is 15.4. The minimum atomic E-state index is -0.759. The van der Waals surface area contributed by atoms with Gasteiger partial charge in [0.05, 0.1) is 12.7 Å². The van der Waals surface area contributed by atoms with Crippen LogP contribution in [0.5, 0.6) is 0 Å². The van der Waals surface area contributed by atoms with Crippen molar-refractivity contribution in [2.45, 2.75) is 38.7 Å². The number of carbonyl (C=O) groups is 2. The summed E-state index contributed by atoms with van der Waals surface area (Å²) in [6.07, 6.45) is 4.11. The first kappa shape index (κ1) is 17.6. The Hall–Kier alpha value is -2.82. The number of hydrogen-bond acceptors (Lipinski definition) is 4. The van der Waals surface area contributed by atoms with Crippen molar-refractivity contribution in [3.63, 3.8) is 0 Å². The number of benzene rings is 2. The van der Waals surface area contributed by atoms with Crippen LogP contribution in [0.1, 0.15) is 31.7 Å². The molecule has 2 aromatic carbocycles. The maximum absolute atomic E-state index is 12.5. The van der Waals surface area contributed by atoms with Gasteiger partial charge in [-0.1, -0.05) is 30.3 Å². The first-order valence-electron chi connectivity index (χ1n) is 9.49. The summed E-state index contributed by atoms with van der Waals surface area (Å²) in [5.41, 5.74) is 1.53. The molecule has 1 aromatic heterocycles. The summed E-state index contributed by atoms with van der Waals surface area (Å²) in [6.45, 7) is 3.15. The van der Waals surface area contributed by atoms with E-state index in [9.17, 15) is 9.59 Å². The molecule has 27 heavy (non-hydrogen) atoms. The van der Waals surface area contributed by atoms with Crippen LogP contribution >= 0.6 is 0 Å². The van der Waals surface area contributed by atoms with Crippen molar-refractivity contribution in [1.82, 2.24) is 4.90 Å². The molecule has 2 heterocycles. The van der Waals surface area contributed by atoms with E-state index in [-0.39, 0.29) is 12.3 Å². The van der Waals surface area contributed by atoms with Crippen LogP contribution in [-0.4, -0.2) is 36.0 Å². The van der Waals surface area contributed by atoms with E-state index in [4.69, 9.17) is 9.15 Å². The van der Waals surface area contributed by atoms with Crippen LogP contribution in [0.4, 0.5) is 0 Å². The molecule has 0 bridgehead atoms. The standard InChI is InChI=1S/C22H23NO4/c1-15(22(25)23-11-5-2-6-12-23)27-20(24)13-17-14-26-19-10-9-16-7-3-4-8-18(16)21(17)19/h3-4,7-10,14-15H,2,5-6,11-13H2,1H3/t15-/m1/s1. The van der Waals surface area contributed by atoms with E-state index >= 15 is 0 Å². The van der Waals surface area contributed by atoms with Crippen LogP contribution in [0.15, 0.2) is 47.1 Å². The number of piperidine rings is 1. The van der Waals surface area contributed by atoms with Crippen molar-refractivity contribution in [3.8, 4) is 0 Å². The Labute approximate surface area is 157 Å². The minimum absolute atomic E-state index is 0.0820. The lowest BCUT2D eigenvalue weighted by molar-refractivity contribution is -0.159. The fourth-order valence-electron chi connectivity index (χ4n) is 3.82. The van der Waals surface area contributed by atoms with E-state index in [1.807, 2.05) is 36.4 Å². The Balaban J connectivity index is 1.49. The molecule has 0 aliphatic carbocycles. The molecule has 0 spiro atoms. The highest BCUT2D eigenvalue weighted by molar-refractivity contribution is 6.08. The number of fused-ring (bicyclic) bond motifs is 3. The van der Waals surface area contributed by atoms with Crippen molar-refractivity contribution in [1.29, 1.82) is 0 Å². The highest BCUT2D eigenvalue weighted by Gasteiger charge is 2.25. The molecule has 1 atom stereocenters. The number of hydrogen-bond donors (Lipinski definition) is 0. The SMILES string of the molecule is C[C@@H](OC(=O)Cc1coc2ccc3ccccc3c12)C(=O)N1CCCCC1. The normalized spacial score (nSPS) is 15.8. The molecule has 0 saturated carbocycles. The molecule has 1 amide bonds. The molecular weight excluding hydrogens is 342 g/mol. The Kier molecular flexibility index (Phi) is 4.84. The number of esters is 1. The van der Waals surface area contributed by atoms with Crippen LogP contribution in [0, 0.1) is 0 Å². The fourth-order valence-corrected chi connectivity index (χ4v) is 3.82. The van der Waals surface area contributed by atoms with E-state index in [1.165, 1.54) is 0 Å². The summed E-state index contributed by atoms with van der Waals surface area (Å²) >= 11 is 0. The van der Waals surface area contributed by atoms with Gasteiger partial charge in [0.1, 0.15) is 5.58 Å². The lowest BCUT2D eigenvalue weighted by atomic mass is 10.0. The molecule has 1 saturated heterocycles. The van der Waals surface area contributed by atoms with E-state index in [0.29, 0.717) is 0 Å². The maximum Gasteiger partial charge on any atom is 0.311 e. The van der Waals surface area contributed by atoms with Gasteiger partial charge in [-0.2, -0.15) is 0 Å². The monoisotopic (exact) mass is 365 g/mol. The van der Waals surface area contributed by atoms with Gasteiger partial charge in [0, 0.05) is 24.0 Å². The van der Waals surface area contributed by atoms with Crippen LogP contribution in [0.2, 0.25) is 0 Å². The number of nitrogens with zero attached hydrogens (tertiary/aromatic N) is 1. The largest absolute Gasteiger partial charge is 0.464 e. The summed E-state index contributed by atoms with van der Waals surface area (Å²) in [5, 5.41) is 3.07. The van der Waals surface area contributed by atoms with Gasteiger partial charge < -0.3 is 14.1 Å². The fraction of sp³-hybridized carbons (Fsp3) is 0.364. The summed E-state index contributed by atoms with van der Waals surface area (Å²) in [6, 6.07) is 11.9. The topological polar surface area (TPSA) is 59.8 Å². The maximum atomic E-state index is 12.5. The second kappa shape index (κ2) is 7.43. The summed E-state index contributed by atoms with van der Waals surface area (Å²) in [5.74, 6) is -0.519. The molecule has 3 aromatic rings. The lowest BCUT2D eigenvalue weighted by Crippen LogP contribution is -2.42. The average Bonchev–Trinajstić information content (AvgIpc) is 3.11. The van der Waals surface area contributed by atoms with Gasteiger partial charge in [-0.15, -0.1) is 0 Å². The Morgan fingerprint density at radius 3 is 2.70 bits per heavy atom. The predicted octanol–water partition coefficient (Wildman–Crippen LogP) is 4.07. The van der Waals surface area contributed by atoms with Gasteiger partial charge in [-0.05, 0) is 43.0 Å². The van der Waals surface area contributed by atoms with Gasteiger partial charge in [0.2, 0.25) is 0 Å². The second-order valence-electron chi connectivity index (χ2n) is 7.12. The Bertz CT molecular complexity index is 984. The van der Waals surface area contributed by atoms with E-state index in [0.717, 1.165) is 59.7 Å². The van der Waals surface area contributed by atoms with Gasteiger partial charge in [0.25, 0.3) is 5.91 Å². The van der Waals surface area contributed by atoms with Gasteiger partial charge >= 0.3 is 5.97 Å². The lowest BCUT2D eigenvalue weighted by Gasteiger charge is -2.28. The van der Waals surface area contributed by atoms with Crippen molar-refractivity contribution in [2.75, 3.05) is 13.1 Å². The number of furan rings is 1.